The number of nitrogens with one attached hydrogen (secondary N) is 1. The number of hydrogen-bond donors (Lipinski definition) is 2. The Bertz CT molecular complexity index is 871. The van der Waals surface area contributed by atoms with Gasteiger partial charge in [-0.15, -0.1) is 0 Å². The van der Waals surface area contributed by atoms with Gasteiger partial charge in [0.1, 0.15) is 11.8 Å². The number of esters is 1. The molecule has 1 aromatic carbocycles. The molecule has 2 rings (SSSR count). The van der Waals surface area contributed by atoms with E-state index >= 15 is 0 Å². The van der Waals surface area contributed by atoms with Crippen molar-refractivity contribution in [3.05, 3.63) is 41.5 Å². The van der Waals surface area contributed by atoms with Crippen LogP contribution in [0, 0.1) is 5.92 Å². The molecule has 0 aromatic heterocycles. The van der Waals surface area contributed by atoms with Crippen LogP contribution in [0.2, 0.25) is 0 Å². The second-order valence-electron chi connectivity index (χ2n) is 9.14. The lowest BCUT2D eigenvalue weighted by atomic mass is 9.74. The molecule has 34 heavy (non-hydrogen) atoms. The molecule has 1 aromatic rings. The summed E-state index contributed by atoms with van der Waals surface area (Å²) in [6, 6.07) is 6.62. The molecule has 0 spiro atoms. The van der Waals surface area contributed by atoms with Gasteiger partial charge in [-0.2, -0.15) is 13.5 Å². The molecule has 7 nitrogen and oxygen atoms in total. The minimum atomic E-state index is -1.12. The van der Waals surface area contributed by atoms with Gasteiger partial charge in [-0.25, -0.2) is 9.59 Å². The van der Waals surface area contributed by atoms with Crippen molar-refractivity contribution in [3.8, 4) is 5.75 Å². The van der Waals surface area contributed by atoms with E-state index in [1.165, 1.54) is 13.3 Å². The van der Waals surface area contributed by atoms with Gasteiger partial charge in [0.2, 0.25) is 5.91 Å². The quantitative estimate of drug-likeness (QED) is 0.318. The van der Waals surface area contributed by atoms with Crippen molar-refractivity contribution in [2.24, 2.45) is 5.92 Å². The SMILES string of the molecule is C.CCC1(c2cccc(OC(=O)/C(C)=C\C(=O)N[C@H](C(=O)O)C(C)C)c2)CCCCN(C)C1.S. The van der Waals surface area contributed by atoms with E-state index in [-0.39, 0.29) is 37.8 Å². The summed E-state index contributed by atoms with van der Waals surface area (Å²) in [6.07, 6.45) is 5.50. The average Bonchev–Trinajstić information content (AvgIpc) is 2.93. The first-order valence-corrected chi connectivity index (χ1v) is 11.3. The van der Waals surface area contributed by atoms with Crippen molar-refractivity contribution in [1.82, 2.24) is 10.2 Å². The van der Waals surface area contributed by atoms with Crippen molar-refractivity contribution in [2.75, 3.05) is 20.1 Å². The average molecular weight is 495 g/mol. The summed E-state index contributed by atoms with van der Waals surface area (Å²) < 4.78 is 5.54. The molecule has 1 amide bonds. The van der Waals surface area contributed by atoms with Gasteiger partial charge in [-0.3, -0.25) is 4.79 Å². The summed E-state index contributed by atoms with van der Waals surface area (Å²) in [5.41, 5.74) is 1.26. The number of carboxylic acid groups (broad SMARTS) is 1. The molecule has 192 valence electrons. The molecule has 1 unspecified atom stereocenters. The van der Waals surface area contributed by atoms with E-state index in [1.807, 2.05) is 12.1 Å². The fourth-order valence-electron chi connectivity index (χ4n) is 4.29. The molecule has 1 heterocycles. The van der Waals surface area contributed by atoms with Gasteiger partial charge in [0.15, 0.2) is 0 Å². The maximum Gasteiger partial charge on any atom is 0.339 e. The van der Waals surface area contributed by atoms with Gasteiger partial charge in [0.25, 0.3) is 0 Å². The zero-order valence-electron chi connectivity index (χ0n) is 20.3. The highest BCUT2D eigenvalue weighted by molar-refractivity contribution is 7.59. The van der Waals surface area contributed by atoms with Crippen LogP contribution in [0.5, 0.6) is 5.75 Å². The second kappa shape index (κ2) is 14.2. The normalized spacial score (nSPS) is 19.8. The third-order valence-corrected chi connectivity index (χ3v) is 6.25. The number of likely N-dealkylation sites (N-methyl/N-ethyl adjacent to an activating group) is 1. The van der Waals surface area contributed by atoms with Gasteiger partial charge in [0, 0.05) is 23.6 Å². The van der Waals surface area contributed by atoms with Crippen LogP contribution >= 0.6 is 13.5 Å². The Morgan fingerprint density at radius 2 is 1.94 bits per heavy atom. The lowest BCUT2D eigenvalue weighted by molar-refractivity contribution is -0.142. The summed E-state index contributed by atoms with van der Waals surface area (Å²) in [6.45, 7) is 9.12. The number of carboxylic acids is 1. The van der Waals surface area contributed by atoms with Crippen LogP contribution in [-0.2, 0) is 19.8 Å². The molecule has 0 bridgehead atoms. The fraction of sp³-hybridized carbons (Fsp3) is 0.577. The number of ether oxygens (including phenoxy) is 1. The Balaban J connectivity index is 0.00000544. The van der Waals surface area contributed by atoms with Crippen LogP contribution in [-0.4, -0.2) is 54.0 Å². The highest BCUT2D eigenvalue weighted by Gasteiger charge is 2.33. The molecule has 1 aliphatic rings. The first-order chi connectivity index (χ1) is 15.1. The van der Waals surface area contributed by atoms with E-state index in [1.54, 1.807) is 19.9 Å². The van der Waals surface area contributed by atoms with Crippen molar-refractivity contribution >= 4 is 31.3 Å². The zero-order valence-corrected chi connectivity index (χ0v) is 21.3. The van der Waals surface area contributed by atoms with E-state index in [2.05, 4.69) is 30.3 Å². The smallest absolute Gasteiger partial charge is 0.339 e. The van der Waals surface area contributed by atoms with Crippen LogP contribution in [0.3, 0.4) is 0 Å². The van der Waals surface area contributed by atoms with Gasteiger partial charge in [-0.1, -0.05) is 46.8 Å². The largest absolute Gasteiger partial charge is 0.480 e. The third kappa shape index (κ3) is 8.47. The van der Waals surface area contributed by atoms with Crippen molar-refractivity contribution in [1.29, 1.82) is 0 Å². The van der Waals surface area contributed by atoms with E-state index in [0.717, 1.165) is 44.0 Å². The van der Waals surface area contributed by atoms with Crippen molar-refractivity contribution < 1.29 is 24.2 Å². The molecular formula is C26H42N2O5S. The number of amides is 1. The van der Waals surface area contributed by atoms with Crippen LogP contribution < -0.4 is 10.1 Å². The molecular weight excluding hydrogens is 452 g/mol. The Morgan fingerprint density at radius 1 is 1.26 bits per heavy atom. The molecule has 0 saturated carbocycles. The molecule has 1 aliphatic heterocycles. The van der Waals surface area contributed by atoms with E-state index in [9.17, 15) is 19.5 Å². The first kappa shape index (κ1) is 31.7. The second-order valence-corrected chi connectivity index (χ2v) is 9.14. The molecule has 2 N–H and O–H groups in total. The summed E-state index contributed by atoms with van der Waals surface area (Å²) in [4.78, 5) is 38.3. The number of rotatable bonds is 8. The Morgan fingerprint density at radius 3 is 2.53 bits per heavy atom. The van der Waals surface area contributed by atoms with Crippen molar-refractivity contribution in [3.63, 3.8) is 0 Å². The lowest BCUT2D eigenvalue weighted by Crippen LogP contribution is -2.43. The number of carbonyl (C=O) groups is 3. The molecule has 1 fully saturated rings. The Hall–Kier alpha value is -2.32. The maximum atomic E-state index is 12.6. The maximum absolute atomic E-state index is 12.6. The van der Waals surface area contributed by atoms with E-state index in [4.69, 9.17) is 4.74 Å². The van der Waals surface area contributed by atoms with Crippen LogP contribution in [0.4, 0.5) is 0 Å². The summed E-state index contributed by atoms with van der Waals surface area (Å²) in [7, 11) is 2.15. The monoisotopic (exact) mass is 494 g/mol. The van der Waals surface area contributed by atoms with Crippen LogP contribution in [0.1, 0.15) is 66.4 Å². The van der Waals surface area contributed by atoms with E-state index < -0.39 is 23.9 Å². The van der Waals surface area contributed by atoms with Crippen LogP contribution in [0.15, 0.2) is 35.9 Å². The number of hydrogen-bond acceptors (Lipinski definition) is 5. The first-order valence-electron chi connectivity index (χ1n) is 11.3. The number of nitrogens with zero attached hydrogens (tertiary/aromatic N) is 1. The summed E-state index contributed by atoms with van der Waals surface area (Å²) >= 11 is 0. The summed E-state index contributed by atoms with van der Waals surface area (Å²) in [5, 5.41) is 11.6. The number of aliphatic carboxylic acids is 1. The number of carbonyl (C=O) groups excluding carboxylic acids is 2. The van der Waals surface area contributed by atoms with Crippen molar-refractivity contribution in [2.45, 2.75) is 72.3 Å². The minimum Gasteiger partial charge on any atom is -0.480 e. The molecule has 8 heteroatoms. The van der Waals surface area contributed by atoms with Gasteiger partial charge >= 0.3 is 11.9 Å². The molecule has 0 radical (unpaired) electrons. The fourth-order valence-corrected chi connectivity index (χ4v) is 4.29. The molecule has 1 saturated heterocycles. The highest BCUT2D eigenvalue weighted by atomic mass is 32.1. The topological polar surface area (TPSA) is 95.9 Å². The number of likely N-dealkylation sites (tertiary alicyclic amines) is 1. The summed E-state index contributed by atoms with van der Waals surface area (Å²) in [5.74, 6) is -2.24. The van der Waals surface area contributed by atoms with Gasteiger partial charge in [-0.05, 0) is 63.4 Å². The third-order valence-electron chi connectivity index (χ3n) is 6.25. The minimum absolute atomic E-state index is 0. The number of benzene rings is 1. The van der Waals surface area contributed by atoms with Gasteiger partial charge in [0.05, 0.1) is 0 Å². The Labute approximate surface area is 211 Å². The van der Waals surface area contributed by atoms with Crippen LogP contribution in [0.25, 0.3) is 0 Å². The zero-order chi connectivity index (χ0) is 23.9. The highest BCUT2D eigenvalue weighted by Crippen LogP contribution is 2.37. The molecule has 2 atom stereocenters. The molecule has 0 aliphatic carbocycles. The van der Waals surface area contributed by atoms with Gasteiger partial charge < -0.3 is 20.1 Å². The lowest BCUT2D eigenvalue weighted by Gasteiger charge is -2.35. The predicted molar refractivity (Wildman–Crippen MR) is 141 cm³/mol. The van der Waals surface area contributed by atoms with E-state index in [0.29, 0.717) is 5.75 Å². The Kier molecular flexibility index (Phi) is 13.2. The standard InChI is InChI=1S/C25H36N2O5.CH4.H2S/c1-6-25(12-7-8-13-27(5)16-25)19-10-9-11-20(15-19)32-24(31)18(4)14-21(28)26-22(17(2)3)23(29)30;;/h9-11,14-15,17,22H,6-8,12-13,16H2,1-5H3,(H,26,28)(H,29,30);1H4;1H2/b18-14-;;/t22-,25?;;/m0../s1. The predicted octanol–water partition coefficient (Wildman–Crippen LogP) is 4.28.